The molecule has 2 rings (SSSR count). The normalized spacial score (nSPS) is 21.6. The molecule has 1 aliphatic heterocycles. The van der Waals surface area contributed by atoms with Crippen molar-refractivity contribution in [3.05, 3.63) is 0 Å². The number of nitrogens with one attached hydrogen (secondary N) is 1. The minimum atomic E-state index is -0.336. The van der Waals surface area contributed by atoms with E-state index in [1.807, 2.05) is 0 Å². The van der Waals surface area contributed by atoms with E-state index >= 15 is 0 Å². The van der Waals surface area contributed by atoms with Crippen LogP contribution in [0.3, 0.4) is 0 Å². The van der Waals surface area contributed by atoms with E-state index in [4.69, 9.17) is 0 Å². The van der Waals surface area contributed by atoms with Gasteiger partial charge < -0.3 is 15.1 Å². The first-order valence-electron chi connectivity index (χ1n) is 6.47. The molecule has 5 heteroatoms. The number of carbonyl (C=O) groups excluding carboxylic acids is 2. The minimum Gasteiger partial charge on any atom is -0.335 e. The first kappa shape index (κ1) is 12.4. The summed E-state index contributed by atoms with van der Waals surface area (Å²) in [5, 5.41) is 3.23. The van der Waals surface area contributed by atoms with Crippen LogP contribution in [0.1, 0.15) is 25.7 Å². The largest absolute Gasteiger partial charge is 0.335 e. The summed E-state index contributed by atoms with van der Waals surface area (Å²) in [6.45, 7) is 3.04. The maximum atomic E-state index is 12.0. The fourth-order valence-corrected chi connectivity index (χ4v) is 2.27. The molecule has 1 saturated carbocycles. The van der Waals surface area contributed by atoms with E-state index in [2.05, 4.69) is 5.32 Å². The van der Waals surface area contributed by atoms with Gasteiger partial charge in [0.2, 0.25) is 0 Å². The molecular weight excluding hydrogens is 218 g/mol. The quantitative estimate of drug-likeness (QED) is 0.646. The summed E-state index contributed by atoms with van der Waals surface area (Å²) in [4.78, 5) is 27.4. The molecule has 1 N–H and O–H groups in total. The highest BCUT2D eigenvalue weighted by Gasteiger charge is 2.31. The fraction of sp³-hybridized carbons (Fsp3) is 0.833. The molecule has 2 amide bonds. The Morgan fingerprint density at radius 1 is 1.18 bits per heavy atom. The highest BCUT2D eigenvalue weighted by Crippen LogP contribution is 2.23. The Bertz CT molecular complexity index is 294. The first-order chi connectivity index (χ1) is 8.20. The Hall–Kier alpha value is -1.10. The fourth-order valence-electron chi connectivity index (χ4n) is 2.27. The second-order valence-corrected chi connectivity index (χ2v) is 4.90. The van der Waals surface area contributed by atoms with Gasteiger partial charge in [-0.05, 0) is 32.2 Å². The lowest BCUT2D eigenvalue weighted by atomic mass is 9.92. The zero-order chi connectivity index (χ0) is 12.3. The van der Waals surface area contributed by atoms with Crippen molar-refractivity contribution in [1.82, 2.24) is 15.1 Å². The lowest BCUT2D eigenvalue weighted by Gasteiger charge is -2.35. The average Bonchev–Trinajstić information content (AvgIpc) is 2.53. The van der Waals surface area contributed by atoms with Crippen LogP contribution in [0.5, 0.6) is 0 Å². The number of nitrogens with zero attached hydrogens (tertiary/aromatic N) is 2. The molecule has 0 aromatic rings. The first-order valence-corrected chi connectivity index (χ1v) is 6.47. The standard InChI is InChI=1S/C12H21N3O2/c1-14(10-4-2-5-10)11(16)12(17)15-8-3-6-13-7-9-15/h10,13H,2-9H2,1H3. The lowest BCUT2D eigenvalue weighted by molar-refractivity contribution is -0.153. The number of hydrogen-bond acceptors (Lipinski definition) is 3. The van der Waals surface area contributed by atoms with Crippen LogP contribution in [0.2, 0.25) is 0 Å². The highest BCUT2D eigenvalue weighted by molar-refractivity contribution is 6.34. The lowest BCUT2D eigenvalue weighted by Crippen LogP contribution is -2.50. The average molecular weight is 239 g/mol. The van der Waals surface area contributed by atoms with Gasteiger partial charge in [0.25, 0.3) is 0 Å². The third-order valence-electron chi connectivity index (χ3n) is 3.75. The van der Waals surface area contributed by atoms with Crippen LogP contribution in [0.4, 0.5) is 0 Å². The van der Waals surface area contributed by atoms with E-state index in [1.54, 1.807) is 16.8 Å². The summed E-state index contributed by atoms with van der Waals surface area (Å²) in [6, 6.07) is 0.288. The summed E-state index contributed by atoms with van der Waals surface area (Å²) < 4.78 is 0. The molecule has 0 unspecified atom stereocenters. The van der Waals surface area contributed by atoms with Crippen molar-refractivity contribution < 1.29 is 9.59 Å². The van der Waals surface area contributed by atoms with E-state index in [0.717, 1.165) is 32.4 Å². The van der Waals surface area contributed by atoms with Crippen LogP contribution in [0.15, 0.2) is 0 Å². The van der Waals surface area contributed by atoms with Crippen LogP contribution in [-0.4, -0.2) is 60.9 Å². The maximum absolute atomic E-state index is 12.0. The van der Waals surface area contributed by atoms with E-state index < -0.39 is 0 Å². The topological polar surface area (TPSA) is 52.7 Å². The van der Waals surface area contributed by atoms with E-state index in [9.17, 15) is 9.59 Å². The van der Waals surface area contributed by atoms with Crippen LogP contribution < -0.4 is 5.32 Å². The molecule has 17 heavy (non-hydrogen) atoms. The van der Waals surface area contributed by atoms with Gasteiger partial charge >= 0.3 is 11.8 Å². The van der Waals surface area contributed by atoms with Crippen molar-refractivity contribution in [1.29, 1.82) is 0 Å². The summed E-state index contributed by atoms with van der Waals surface area (Å²) >= 11 is 0. The van der Waals surface area contributed by atoms with E-state index in [-0.39, 0.29) is 17.9 Å². The number of hydrogen-bond donors (Lipinski definition) is 1. The molecular formula is C12H21N3O2. The molecule has 2 fully saturated rings. The molecule has 96 valence electrons. The summed E-state index contributed by atoms with van der Waals surface area (Å²) in [5.74, 6) is -0.667. The van der Waals surface area contributed by atoms with Gasteiger partial charge in [0.05, 0.1) is 0 Å². The van der Waals surface area contributed by atoms with Crippen molar-refractivity contribution in [2.24, 2.45) is 0 Å². The van der Waals surface area contributed by atoms with Crippen LogP contribution in [0.25, 0.3) is 0 Å². The third-order valence-corrected chi connectivity index (χ3v) is 3.75. The molecule has 0 bridgehead atoms. The monoisotopic (exact) mass is 239 g/mol. The van der Waals surface area contributed by atoms with Gasteiger partial charge in [-0.1, -0.05) is 0 Å². The molecule has 1 heterocycles. The van der Waals surface area contributed by atoms with Crippen molar-refractivity contribution in [2.75, 3.05) is 33.2 Å². The molecule has 0 radical (unpaired) electrons. The van der Waals surface area contributed by atoms with Crippen LogP contribution >= 0.6 is 0 Å². The van der Waals surface area contributed by atoms with Gasteiger partial charge in [-0.15, -0.1) is 0 Å². The zero-order valence-electron chi connectivity index (χ0n) is 10.4. The summed E-state index contributed by atoms with van der Waals surface area (Å²) in [7, 11) is 1.75. The Morgan fingerprint density at radius 2 is 1.94 bits per heavy atom. The molecule has 0 aromatic carbocycles. The van der Waals surface area contributed by atoms with Crippen LogP contribution in [0, 0.1) is 0 Å². The predicted molar refractivity (Wildman–Crippen MR) is 64.5 cm³/mol. The van der Waals surface area contributed by atoms with Crippen LogP contribution in [-0.2, 0) is 9.59 Å². The van der Waals surface area contributed by atoms with Crippen molar-refractivity contribution in [2.45, 2.75) is 31.7 Å². The van der Waals surface area contributed by atoms with Crippen molar-refractivity contribution in [3.63, 3.8) is 0 Å². The molecule has 2 aliphatic rings. The smallest absolute Gasteiger partial charge is 0.312 e. The Morgan fingerprint density at radius 3 is 2.59 bits per heavy atom. The molecule has 1 saturated heterocycles. The molecule has 5 nitrogen and oxygen atoms in total. The van der Waals surface area contributed by atoms with Gasteiger partial charge in [-0.3, -0.25) is 9.59 Å². The van der Waals surface area contributed by atoms with Gasteiger partial charge in [0.1, 0.15) is 0 Å². The molecule has 0 atom stereocenters. The SMILES string of the molecule is CN(C(=O)C(=O)N1CCCNCC1)C1CCC1. The second kappa shape index (κ2) is 5.49. The third kappa shape index (κ3) is 2.77. The highest BCUT2D eigenvalue weighted by atomic mass is 16.2. The Labute approximate surface area is 102 Å². The number of likely N-dealkylation sites (N-methyl/N-ethyl adjacent to an activating group) is 1. The van der Waals surface area contributed by atoms with Crippen molar-refractivity contribution in [3.8, 4) is 0 Å². The summed E-state index contributed by atoms with van der Waals surface area (Å²) in [5.41, 5.74) is 0. The van der Waals surface area contributed by atoms with Gasteiger partial charge in [-0.2, -0.15) is 0 Å². The van der Waals surface area contributed by atoms with Gasteiger partial charge in [-0.25, -0.2) is 0 Å². The number of amides is 2. The van der Waals surface area contributed by atoms with Crippen molar-refractivity contribution >= 4 is 11.8 Å². The van der Waals surface area contributed by atoms with Gasteiger partial charge in [0.15, 0.2) is 0 Å². The predicted octanol–water partition coefficient (Wildman–Crippen LogP) is -0.181. The van der Waals surface area contributed by atoms with E-state index in [1.165, 1.54) is 6.42 Å². The minimum absolute atomic E-state index is 0.288. The van der Waals surface area contributed by atoms with Gasteiger partial charge in [0, 0.05) is 32.7 Å². The van der Waals surface area contributed by atoms with E-state index in [0.29, 0.717) is 13.1 Å². The Kier molecular flexibility index (Phi) is 3.99. The molecule has 1 aliphatic carbocycles. The number of carbonyl (C=O) groups is 2. The zero-order valence-corrected chi connectivity index (χ0v) is 10.4. The maximum Gasteiger partial charge on any atom is 0.312 e. The second-order valence-electron chi connectivity index (χ2n) is 4.90. The molecule has 0 spiro atoms. The number of rotatable bonds is 1. The molecule has 0 aromatic heterocycles. The Balaban J connectivity index is 1.90. The summed E-state index contributed by atoms with van der Waals surface area (Å²) in [6.07, 6.45) is 4.17.